The Hall–Kier alpha value is -1.12. The van der Waals surface area contributed by atoms with Gasteiger partial charge in [0.1, 0.15) is 0 Å². The van der Waals surface area contributed by atoms with Gasteiger partial charge in [0.2, 0.25) is 10.0 Å². The van der Waals surface area contributed by atoms with E-state index in [-0.39, 0.29) is 24.9 Å². The summed E-state index contributed by atoms with van der Waals surface area (Å²) in [6.45, 7) is 0.261. The van der Waals surface area contributed by atoms with Crippen LogP contribution in [-0.2, 0) is 16.2 Å². The molecule has 1 aromatic rings. The second kappa shape index (κ2) is 4.69. The molecule has 2 aliphatic rings. The van der Waals surface area contributed by atoms with Gasteiger partial charge in [-0.2, -0.15) is 17.5 Å². The van der Waals surface area contributed by atoms with Crippen molar-refractivity contribution in [3.8, 4) is 0 Å². The number of sulfonamides is 1. The minimum atomic E-state index is -4.72. The Labute approximate surface area is 120 Å². The number of halogens is 3. The van der Waals surface area contributed by atoms with E-state index in [1.807, 2.05) is 0 Å². The maximum atomic E-state index is 13.0. The first kappa shape index (κ1) is 14.8. The molecule has 0 radical (unpaired) electrons. The van der Waals surface area contributed by atoms with Crippen LogP contribution in [0.4, 0.5) is 13.2 Å². The summed E-state index contributed by atoms with van der Waals surface area (Å²) in [4.78, 5) is -0.715. The number of alkyl halides is 3. The maximum absolute atomic E-state index is 13.0. The van der Waals surface area contributed by atoms with E-state index in [1.54, 1.807) is 0 Å². The second-order valence-corrected chi connectivity index (χ2v) is 7.45. The smallest absolute Gasteiger partial charge is 0.393 e. The van der Waals surface area contributed by atoms with Gasteiger partial charge in [0.25, 0.3) is 0 Å². The third kappa shape index (κ3) is 2.35. The molecule has 1 aliphatic carbocycles. The first-order chi connectivity index (χ1) is 9.71. The molecule has 1 heterocycles. The molecule has 3 atom stereocenters. The minimum Gasteiger partial charge on any atom is -0.393 e. The van der Waals surface area contributed by atoms with E-state index in [0.717, 1.165) is 16.4 Å². The molecular formula is C13H14F3NO3S. The van der Waals surface area contributed by atoms with E-state index in [9.17, 15) is 26.7 Å². The van der Waals surface area contributed by atoms with Crippen molar-refractivity contribution in [2.75, 3.05) is 13.1 Å². The van der Waals surface area contributed by atoms with Crippen LogP contribution in [0.3, 0.4) is 0 Å². The number of nitrogens with zero attached hydrogens (tertiary/aromatic N) is 1. The van der Waals surface area contributed by atoms with Gasteiger partial charge in [-0.25, -0.2) is 8.42 Å². The lowest BCUT2D eigenvalue weighted by atomic mass is 9.74. The predicted molar refractivity (Wildman–Crippen MR) is 67.8 cm³/mol. The number of fused-ring (bicyclic) bond motifs is 1. The van der Waals surface area contributed by atoms with E-state index in [1.165, 1.54) is 12.1 Å². The number of hydrogen-bond acceptors (Lipinski definition) is 3. The van der Waals surface area contributed by atoms with Gasteiger partial charge in [-0.15, -0.1) is 0 Å². The van der Waals surface area contributed by atoms with Gasteiger partial charge in [-0.3, -0.25) is 0 Å². The summed E-state index contributed by atoms with van der Waals surface area (Å²) >= 11 is 0. The van der Waals surface area contributed by atoms with Crippen LogP contribution >= 0.6 is 0 Å². The average Bonchev–Trinajstić information content (AvgIpc) is 2.76. The summed E-state index contributed by atoms with van der Waals surface area (Å²) in [6.07, 6.45) is -4.76. The van der Waals surface area contributed by atoms with Crippen LogP contribution in [0.15, 0.2) is 29.2 Å². The van der Waals surface area contributed by atoms with Crippen LogP contribution in [0.5, 0.6) is 0 Å². The molecule has 8 heteroatoms. The third-order valence-corrected chi connectivity index (χ3v) is 6.20. The van der Waals surface area contributed by atoms with E-state index in [2.05, 4.69) is 0 Å². The Bertz CT molecular complexity index is 659. The highest BCUT2D eigenvalue weighted by atomic mass is 32.2. The molecule has 4 nitrogen and oxygen atoms in total. The van der Waals surface area contributed by atoms with Gasteiger partial charge < -0.3 is 5.11 Å². The normalized spacial score (nSPS) is 30.0. The summed E-state index contributed by atoms with van der Waals surface area (Å²) in [5.74, 6) is -0.106. The third-order valence-electron chi connectivity index (χ3n) is 4.31. The Balaban J connectivity index is 1.97. The highest BCUT2D eigenvalue weighted by Gasteiger charge is 2.50. The molecule has 1 saturated carbocycles. The lowest BCUT2D eigenvalue weighted by molar-refractivity contribution is -0.139. The number of aliphatic hydroxyl groups excluding tert-OH is 1. The van der Waals surface area contributed by atoms with Crippen LogP contribution in [0.2, 0.25) is 0 Å². The fourth-order valence-corrected chi connectivity index (χ4v) is 4.84. The van der Waals surface area contributed by atoms with Gasteiger partial charge in [-0.05, 0) is 24.5 Å². The highest BCUT2D eigenvalue weighted by molar-refractivity contribution is 7.89. The zero-order valence-electron chi connectivity index (χ0n) is 10.9. The van der Waals surface area contributed by atoms with E-state index >= 15 is 0 Å². The van der Waals surface area contributed by atoms with Crippen molar-refractivity contribution in [1.29, 1.82) is 0 Å². The number of hydrogen-bond donors (Lipinski definition) is 1. The van der Waals surface area contributed by atoms with Gasteiger partial charge >= 0.3 is 6.18 Å². The summed E-state index contributed by atoms with van der Waals surface area (Å²) in [7, 11) is -4.20. The SMILES string of the molecule is O=S(=O)(c1ccccc1C(F)(F)F)N1CC2CC(O)C2C1. The van der Waals surface area contributed by atoms with Crippen LogP contribution < -0.4 is 0 Å². The number of aliphatic hydroxyl groups is 1. The van der Waals surface area contributed by atoms with Gasteiger partial charge in [0.15, 0.2) is 0 Å². The largest absolute Gasteiger partial charge is 0.417 e. The summed E-state index contributed by atoms with van der Waals surface area (Å²) in [5, 5.41) is 9.55. The van der Waals surface area contributed by atoms with E-state index in [0.29, 0.717) is 6.42 Å². The summed E-state index contributed by atoms with van der Waals surface area (Å²) in [5.41, 5.74) is -1.15. The number of rotatable bonds is 2. The Morgan fingerprint density at radius 1 is 1.19 bits per heavy atom. The molecule has 2 fully saturated rings. The molecule has 3 unspecified atom stereocenters. The molecular weight excluding hydrogens is 307 g/mol. The van der Waals surface area contributed by atoms with Crippen molar-refractivity contribution in [1.82, 2.24) is 4.31 Å². The molecule has 21 heavy (non-hydrogen) atoms. The van der Waals surface area contributed by atoms with Gasteiger partial charge in [-0.1, -0.05) is 12.1 Å². The quantitative estimate of drug-likeness (QED) is 0.902. The molecule has 1 N–H and O–H groups in total. The number of benzene rings is 1. The van der Waals surface area contributed by atoms with Crippen LogP contribution in [-0.4, -0.2) is 37.0 Å². The molecule has 116 valence electrons. The summed E-state index contributed by atoms with van der Waals surface area (Å²) in [6, 6.07) is 4.20. The molecule has 0 amide bonds. The predicted octanol–water partition coefficient (Wildman–Crippen LogP) is 1.71. The van der Waals surface area contributed by atoms with Crippen LogP contribution in [0.25, 0.3) is 0 Å². The Kier molecular flexibility index (Phi) is 3.30. The first-order valence-electron chi connectivity index (χ1n) is 6.55. The van der Waals surface area contributed by atoms with Crippen LogP contribution in [0.1, 0.15) is 12.0 Å². The van der Waals surface area contributed by atoms with Crippen molar-refractivity contribution in [3.63, 3.8) is 0 Å². The Morgan fingerprint density at radius 2 is 1.86 bits per heavy atom. The van der Waals surface area contributed by atoms with Gasteiger partial charge in [0.05, 0.1) is 16.6 Å². The molecule has 0 aromatic heterocycles. The first-order valence-corrected chi connectivity index (χ1v) is 7.99. The monoisotopic (exact) mass is 321 g/mol. The molecule has 1 aliphatic heterocycles. The van der Waals surface area contributed by atoms with E-state index in [4.69, 9.17) is 0 Å². The topological polar surface area (TPSA) is 57.6 Å². The highest BCUT2D eigenvalue weighted by Crippen LogP contribution is 2.43. The van der Waals surface area contributed by atoms with Crippen molar-refractivity contribution in [3.05, 3.63) is 29.8 Å². The van der Waals surface area contributed by atoms with Gasteiger partial charge in [0, 0.05) is 19.0 Å². The maximum Gasteiger partial charge on any atom is 0.417 e. The second-order valence-electron chi connectivity index (χ2n) is 5.54. The van der Waals surface area contributed by atoms with Crippen LogP contribution in [0, 0.1) is 11.8 Å². The van der Waals surface area contributed by atoms with Crippen molar-refractivity contribution in [2.24, 2.45) is 11.8 Å². The molecule has 0 bridgehead atoms. The van der Waals surface area contributed by atoms with Crippen molar-refractivity contribution < 1.29 is 26.7 Å². The fourth-order valence-electron chi connectivity index (χ4n) is 3.09. The summed E-state index contributed by atoms with van der Waals surface area (Å²) < 4.78 is 64.9. The minimum absolute atomic E-state index is 0.0489. The molecule has 1 aromatic carbocycles. The molecule has 1 saturated heterocycles. The Morgan fingerprint density at radius 3 is 2.43 bits per heavy atom. The average molecular weight is 321 g/mol. The zero-order chi connectivity index (χ0) is 15.4. The molecule has 3 rings (SSSR count). The standard InChI is InChI=1S/C13H14F3NO3S/c14-13(15,16)10-3-1-2-4-12(10)21(19,20)17-6-8-5-11(18)9(8)7-17/h1-4,8-9,11,18H,5-7H2. The zero-order valence-corrected chi connectivity index (χ0v) is 11.7. The van der Waals surface area contributed by atoms with E-state index < -0.39 is 32.8 Å². The lowest BCUT2D eigenvalue weighted by Gasteiger charge is -2.34. The fraction of sp³-hybridized carbons (Fsp3) is 0.538. The molecule has 0 spiro atoms. The lowest BCUT2D eigenvalue weighted by Crippen LogP contribution is -2.39. The van der Waals surface area contributed by atoms with Crippen molar-refractivity contribution >= 4 is 10.0 Å². The van der Waals surface area contributed by atoms with Crippen molar-refractivity contribution in [2.45, 2.75) is 23.6 Å².